The van der Waals surface area contributed by atoms with Gasteiger partial charge in [0.15, 0.2) is 0 Å². The van der Waals surface area contributed by atoms with Crippen molar-refractivity contribution in [3.8, 4) is 0 Å². The van der Waals surface area contributed by atoms with Gasteiger partial charge in [-0.3, -0.25) is 4.79 Å². The van der Waals surface area contributed by atoms with Crippen LogP contribution in [0, 0.1) is 0 Å². The minimum absolute atomic E-state index is 0.215. The molecule has 1 amide bonds. The standard InChI is InChI=1S/C15H15N3O3/c1-10(14-16-8-9-17-14)18-15(21)12-5-2-11(3-6-12)4-7-13(19)20/h2-10H,1H3,(H,16,17)(H,18,21)(H,19,20)/b7-4+. The molecular formula is C15H15N3O3. The Morgan fingerprint density at radius 1 is 1.33 bits per heavy atom. The fourth-order valence-corrected chi connectivity index (χ4v) is 1.78. The summed E-state index contributed by atoms with van der Waals surface area (Å²) in [6.07, 6.45) is 5.84. The lowest BCUT2D eigenvalue weighted by molar-refractivity contribution is -0.131. The number of nitrogens with zero attached hydrogens (tertiary/aromatic N) is 1. The Morgan fingerprint density at radius 2 is 2.05 bits per heavy atom. The van der Waals surface area contributed by atoms with Gasteiger partial charge < -0.3 is 15.4 Å². The summed E-state index contributed by atoms with van der Waals surface area (Å²) in [4.78, 5) is 29.5. The first-order valence-electron chi connectivity index (χ1n) is 6.37. The molecule has 2 aromatic rings. The lowest BCUT2D eigenvalue weighted by Gasteiger charge is -2.11. The van der Waals surface area contributed by atoms with Gasteiger partial charge in [0.1, 0.15) is 5.82 Å². The molecule has 0 fully saturated rings. The zero-order chi connectivity index (χ0) is 15.2. The van der Waals surface area contributed by atoms with Crippen LogP contribution in [0.15, 0.2) is 42.7 Å². The highest BCUT2D eigenvalue weighted by Crippen LogP contribution is 2.10. The molecule has 1 heterocycles. The van der Waals surface area contributed by atoms with Gasteiger partial charge in [0, 0.05) is 24.0 Å². The second-order valence-corrected chi connectivity index (χ2v) is 4.46. The maximum atomic E-state index is 12.1. The molecule has 0 aliphatic carbocycles. The van der Waals surface area contributed by atoms with E-state index in [9.17, 15) is 9.59 Å². The first kappa shape index (κ1) is 14.5. The zero-order valence-corrected chi connectivity index (χ0v) is 11.4. The SMILES string of the molecule is CC(NC(=O)c1ccc(/C=C/C(=O)O)cc1)c1ncc[nH]1. The maximum absolute atomic E-state index is 12.1. The number of rotatable bonds is 5. The van der Waals surface area contributed by atoms with Crippen molar-refractivity contribution in [2.45, 2.75) is 13.0 Å². The Balaban J connectivity index is 2.01. The van der Waals surface area contributed by atoms with Crippen LogP contribution in [0.5, 0.6) is 0 Å². The smallest absolute Gasteiger partial charge is 0.328 e. The Kier molecular flexibility index (Phi) is 4.50. The number of H-pyrrole nitrogens is 1. The lowest BCUT2D eigenvalue weighted by Crippen LogP contribution is -2.27. The van der Waals surface area contributed by atoms with Crippen molar-refractivity contribution in [2.24, 2.45) is 0 Å². The number of amides is 1. The Labute approximate surface area is 121 Å². The molecule has 0 bridgehead atoms. The number of aliphatic carboxylic acids is 1. The van der Waals surface area contributed by atoms with E-state index in [0.29, 0.717) is 17.0 Å². The van der Waals surface area contributed by atoms with Crippen molar-refractivity contribution in [3.05, 3.63) is 59.7 Å². The van der Waals surface area contributed by atoms with Crippen molar-refractivity contribution < 1.29 is 14.7 Å². The number of imidazole rings is 1. The second kappa shape index (κ2) is 6.51. The average molecular weight is 285 g/mol. The number of carboxylic acids is 1. The second-order valence-electron chi connectivity index (χ2n) is 4.46. The molecule has 1 aromatic heterocycles. The van der Waals surface area contributed by atoms with Gasteiger partial charge in [-0.1, -0.05) is 12.1 Å². The largest absolute Gasteiger partial charge is 0.478 e. The molecule has 21 heavy (non-hydrogen) atoms. The summed E-state index contributed by atoms with van der Waals surface area (Å²) in [6.45, 7) is 1.83. The number of nitrogens with one attached hydrogen (secondary N) is 2. The number of carboxylic acid groups (broad SMARTS) is 1. The highest BCUT2D eigenvalue weighted by Gasteiger charge is 2.12. The predicted octanol–water partition coefficient (Wildman–Crippen LogP) is 2.00. The van der Waals surface area contributed by atoms with E-state index in [1.165, 1.54) is 6.08 Å². The van der Waals surface area contributed by atoms with E-state index in [-0.39, 0.29) is 11.9 Å². The third kappa shape index (κ3) is 4.04. The molecular weight excluding hydrogens is 270 g/mol. The van der Waals surface area contributed by atoms with Crippen molar-refractivity contribution in [2.75, 3.05) is 0 Å². The highest BCUT2D eigenvalue weighted by molar-refractivity contribution is 5.94. The Bertz CT molecular complexity index is 645. The van der Waals surface area contributed by atoms with Crippen LogP contribution in [0.1, 0.15) is 34.7 Å². The number of aromatic nitrogens is 2. The third-order valence-corrected chi connectivity index (χ3v) is 2.87. The topological polar surface area (TPSA) is 95.1 Å². The molecule has 0 saturated heterocycles. The molecule has 1 unspecified atom stereocenters. The van der Waals surface area contributed by atoms with E-state index in [2.05, 4.69) is 15.3 Å². The molecule has 6 heteroatoms. The number of carbonyl (C=O) groups excluding carboxylic acids is 1. The molecule has 0 aliphatic rings. The number of benzene rings is 1. The van der Waals surface area contributed by atoms with E-state index < -0.39 is 5.97 Å². The van der Waals surface area contributed by atoms with Gasteiger partial charge in [-0.15, -0.1) is 0 Å². The number of carbonyl (C=O) groups is 2. The quantitative estimate of drug-likeness (QED) is 0.732. The van der Waals surface area contributed by atoms with Crippen LogP contribution in [0.2, 0.25) is 0 Å². The van der Waals surface area contributed by atoms with Crippen LogP contribution in [0.4, 0.5) is 0 Å². The molecule has 6 nitrogen and oxygen atoms in total. The number of hydrogen-bond donors (Lipinski definition) is 3. The fourth-order valence-electron chi connectivity index (χ4n) is 1.78. The van der Waals surface area contributed by atoms with Gasteiger partial charge in [-0.05, 0) is 30.7 Å². The molecule has 1 atom stereocenters. The molecule has 0 radical (unpaired) electrons. The summed E-state index contributed by atoms with van der Waals surface area (Å²) >= 11 is 0. The molecule has 0 spiro atoms. The van der Waals surface area contributed by atoms with Crippen LogP contribution < -0.4 is 5.32 Å². The molecule has 2 rings (SSSR count). The minimum Gasteiger partial charge on any atom is -0.478 e. The first-order valence-corrected chi connectivity index (χ1v) is 6.37. The van der Waals surface area contributed by atoms with E-state index in [1.54, 1.807) is 36.7 Å². The van der Waals surface area contributed by atoms with Gasteiger partial charge in [0.25, 0.3) is 5.91 Å². The Morgan fingerprint density at radius 3 is 2.62 bits per heavy atom. The third-order valence-electron chi connectivity index (χ3n) is 2.87. The van der Waals surface area contributed by atoms with E-state index >= 15 is 0 Å². The summed E-state index contributed by atoms with van der Waals surface area (Å²) in [7, 11) is 0. The van der Waals surface area contributed by atoms with Crippen LogP contribution in [-0.4, -0.2) is 27.0 Å². The summed E-state index contributed by atoms with van der Waals surface area (Å²) in [5.41, 5.74) is 1.22. The Hall–Kier alpha value is -2.89. The number of hydrogen-bond acceptors (Lipinski definition) is 3. The summed E-state index contributed by atoms with van der Waals surface area (Å²) in [6, 6.07) is 6.44. The van der Waals surface area contributed by atoms with E-state index in [0.717, 1.165) is 6.08 Å². The summed E-state index contributed by atoms with van der Waals surface area (Å²) in [5, 5.41) is 11.4. The normalized spacial score (nSPS) is 12.2. The van der Waals surface area contributed by atoms with Gasteiger partial charge in [-0.2, -0.15) is 0 Å². The maximum Gasteiger partial charge on any atom is 0.328 e. The van der Waals surface area contributed by atoms with Crippen molar-refractivity contribution in [3.63, 3.8) is 0 Å². The van der Waals surface area contributed by atoms with Crippen LogP contribution >= 0.6 is 0 Å². The van der Waals surface area contributed by atoms with Crippen molar-refractivity contribution in [1.82, 2.24) is 15.3 Å². The minimum atomic E-state index is -1.01. The summed E-state index contributed by atoms with van der Waals surface area (Å²) in [5.74, 6) is -0.541. The zero-order valence-electron chi connectivity index (χ0n) is 11.4. The predicted molar refractivity (Wildman–Crippen MR) is 77.6 cm³/mol. The van der Waals surface area contributed by atoms with E-state index in [1.807, 2.05) is 6.92 Å². The molecule has 3 N–H and O–H groups in total. The molecule has 0 aliphatic heterocycles. The van der Waals surface area contributed by atoms with Gasteiger partial charge in [0.2, 0.25) is 0 Å². The van der Waals surface area contributed by atoms with Crippen LogP contribution in [0.25, 0.3) is 6.08 Å². The highest BCUT2D eigenvalue weighted by atomic mass is 16.4. The number of aromatic amines is 1. The molecule has 0 saturated carbocycles. The molecule has 1 aromatic carbocycles. The fraction of sp³-hybridized carbons (Fsp3) is 0.133. The van der Waals surface area contributed by atoms with Crippen LogP contribution in [0.3, 0.4) is 0 Å². The van der Waals surface area contributed by atoms with Crippen molar-refractivity contribution >= 4 is 18.0 Å². The van der Waals surface area contributed by atoms with Gasteiger partial charge in [0.05, 0.1) is 6.04 Å². The first-order chi connectivity index (χ1) is 10.1. The monoisotopic (exact) mass is 285 g/mol. The summed E-state index contributed by atoms with van der Waals surface area (Å²) < 4.78 is 0. The van der Waals surface area contributed by atoms with E-state index in [4.69, 9.17) is 5.11 Å². The van der Waals surface area contributed by atoms with Gasteiger partial charge in [-0.25, -0.2) is 9.78 Å². The van der Waals surface area contributed by atoms with Crippen molar-refractivity contribution in [1.29, 1.82) is 0 Å². The lowest BCUT2D eigenvalue weighted by atomic mass is 10.1. The van der Waals surface area contributed by atoms with Crippen LogP contribution in [-0.2, 0) is 4.79 Å². The average Bonchev–Trinajstić information content (AvgIpc) is 3.00. The molecule has 108 valence electrons. The van der Waals surface area contributed by atoms with Gasteiger partial charge >= 0.3 is 5.97 Å².